The molecule has 0 bridgehead atoms. The molecule has 1 unspecified atom stereocenters. The molecule has 0 aliphatic carbocycles. The first-order valence-electron chi connectivity index (χ1n) is 6.29. The van der Waals surface area contributed by atoms with Crippen molar-refractivity contribution in [2.45, 2.75) is 25.8 Å². The molecular weight excluding hydrogens is 277 g/mol. The first-order chi connectivity index (χ1) is 8.95. The van der Waals surface area contributed by atoms with E-state index >= 15 is 0 Å². The lowest BCUT2D eigenvalue weighted by atomic mass is 9.85. The molecule has 3 heteroatoms. The maximum atomic E-state index is 6.47. The second kappa shape index (κ2) is 5.54. The maximum Gasteiger partial charge on any atom is 0.0637 e. The Morgan fingerprint density at radius 1 is 0.947 bits per heavy atom. The van der Waals surface area contributed by atoms with E-state index in [9.17, 15) is 0 Å². The average molecular weight is 294 g/mol. The van der Waals surface area contributed by atoms with Gasteiger partial charge < -0.3 is 5.73 Å². The van der Waals surface area contributed by atoms with Gasteiger partial charge in [-0.2, -0.15) is 0 Å². The van der Waals surface area contributed by atoms with Crippen LogP contribution >= 0.6 is 23.2 Å². The van der Waals surface area contributed by atoms with Crippen molar-refractivity contribution < 1.29 is 0 Å². The molecule has 2 aromatic carbocycles. The number of hydrogen-bond donors (Lipinski definition) is 1. The normalized spacial score (nSPS) is 14.2. The zero-order valence-corrected chi connectivity index (χ0v) is 12.6. The summed E-state index contributed by atoms with van der Waals surface area (Å²) in [5.41, 5.74) is 9.19. The predicted molar refractivity (Wildman–Crippen MR) is 82.9 cm³/mol. The molecule has 19 heavy (non-hydrogen) atoms. The van der Waals surface area contributed by atoms with E-state index in [1.807, 2.05) is 19.1 Å². The smallest absolute Gasteiger partial charge is 0.0637 e. The van der Waals surface area contributed by atoms with Crippen LogP contribution in [0.3, 0.4) is 0 Å². The Morgan fingerprint density at radius 2 is 1.53 bits per heavy atom. The summed E-state index contributed by atoms with van der Waals surface area (Å²) in [6.07, 6.45) is 1.02. The van der Waals surface area contributed by atoms with E-state index in [0.717, 1.165) is 17.5 Å². The fraction of sp³-hybridized carbons (Fsp3) is 0.250. The van der Waals surface area contributed by atoms with E-state index in [1.54, 1.807) is 6.07 Å². The van der Waals surface area contributed by atoms with E-state index in [2.05, 4.69) is 31.2 Å². The van der Waals surface area contributed by atoms with Crippen LogP contribution in [-0.4, -0.2) is 0 Å². The van der Waals surface area contributed by atoms with Gasteiger partial charge in [0.25, 0.3) is 0 Å². The number of rotatable bonds is 3. The third kappa shape index (κ3) is 2.94. The predicted octanol–water partition coefficient (Wildman–Crippen LogP) is 4.78. The molecule has 0 spiro atoms. The van der Waals surface area contributed by atoms with Crippen molar-refractivity contribution in [3.63, 3.8) is 0 Å². The van der Waals surface area contributed by atoms with E-state index in [4.69, 9.17) is 28.9 Å². The van der Waals surface area contributed by atoms with Crippen LogP contribution in [-0.2, 0) is 12.0 Å². The summed E-state index contributed by atoms with van der Waals surface area (Å²) in [5.74, 6) is 0. The summed E-state index contributed by atoms with van der Waals surface area (Å²) in [6.45, 7) is 4.11. The molecular formula is C16H17Cl2N. The van der Waals surface area contributed by atoms with Crippen molar-refractivity contribution in [1.29, 1.82) is 0 Å². The van der Waals surface area contributed by atoms with Crippen molar-refractivity contribution in [3.8, 4) is 0 Å². The number of aryl methyl sites for hydroxylation is 1. The first kappa shape index (κ1) is 14.4. The summed E-state index contributed by atoms with van der Waals surface area (Å²) >= 11 is 12.0. The van der Waals surface area contributed by atoms with Crippen LogP contribution < -0.4 is 5.73 Å². The molecule has 100 valence electrons. The molecule has 0 saturated heterocycles. The fourth-order valence-corrected chi connectivity index (χ4v) is 2.37. The second-order valence-corrected chi connectivity index (χ2v) is 5.70. The van der Waals surface area contributed by atoms with Gasteiger partial charge in [0.05, 0.1) is 15.6 Å². The van der Waals surface area contributed by atoms with E-state index in [-0.39, 0.29) is 0 Å². The highest BCUT2D eigenvalue weighted by atomic mass is 35.5. The highest BCUT2D eigenvalue weighted by Gasteiger charge is 2.24. The Labute approximate surface area is 124 Å². The van der Waals surface area contributed by atoms with Gasteiger partial charge in [0, 0.05) is 0 Å². The Balaban J connectivity index is 2.41. The lowest BCUT2D eigenvalue weighted by Gasteiger charge is -2.26. The molecule has 0 fully saturated rings. The molecule has 1 nitrogen and oxygen atoms in total. The fourth-order valence-electron chi connectivity index (χ4n) is 2.07. The van der Waals surface area contributed by atoms with Crippen LogP contribution in [0.4, 0.5) is 0 Å². The van der Waals surface area contributed by atoms with Gasteiger partial charge in [-0.05, 0) is 42.2 Å². The molecule has 0 radical (unpaired) electrons. The van der Waals surface area contributed by atoms with Crippen molar-refractivity contribution in [2.75, 3.05) is 0 Å². The summed E-state index contributed by atoms with van der Waals surface area (Å²) in [4.78, 5) is 0. The minimum atomic E-state index is -0.583. The Kier molecular flexibility index (Phi) is 4.19. The van der Waals surface area contributed by atoms with E-state index in [0.29, 0.717) is 10.0 Å². The molecule has 0 heterocycles. The van der Waals surface area contributed by atoms with Gasteiger partial charge in [-0.1, -0.05) is 60.5 Å². The maximum absolute atomic E-state index is 6.47. The van der Waals surface area contributed by atoms with Crippen LogP contribution in [0.25, 0.3) is 0 Å². The van der Waals surface area contributed by atoms with E-state index in [1.165, 1.54) is 5.56 Å². The molecule has 2 rings (SSSR count). The van der Waals surface area contributed by atoms with Crippen LogP contribution in [0.5, 0.6) is 0 Å². The molecule has 0 aromatic heterocycles. The van der Waals surface area contributed by atoms with Crippen LogP contribution in [0.2, 0.25) is 10.0 Å². The SMILES string of the molecule is CCc1ccc(C(C)(N)c2ccc(Cl)c(Cl)c2)cc1. The summed E-state index contributed by atoms with van der Waals surface area (Å²) in [6, 6.07) is 13.9. The quantitative estimate of drug-likeness (QED) is 0.866. The average Bonchev–Trinajstić information content (AvgIpc) is 2.41. The van der Waals surface area contributed by atoms with Gasteiger partial charge >= 0.3 is 0 Å². The number of benzene rings is 2. The summed E-state index contributed by atoms with van der Waals surface area (Å²) in [7, 11) is 0. The molecule has 2 N–H and O–H groups in total. The van der Waals surface area contributed by atoms with Gasteiger partial charge in [-0.15, -0.1) is 0 Å². The number of halogens is 2. The Bertz CT molecular complexity index is 574. The van der Waals surface area contributed by atoms with Crippen molar-refractivity contribution in [1.82, 2.24) is 0 Å². The molecule has 0 aliphatic heterocycles. The monoisotopic (exact) mass is 293 g/mol. The van der Waals surface area contributed by atoms with Crippen molar-refractivity contribution in [3.05, 3.63) is 69.2 Å². The van der Waals surface area contributed by atoms with Crippen LogP contribution in [0.15, 0.2) is 42.5 Å². The Hall–Kier alpha value is -1.02. The van der Waals surface area contributed by atoms with E-state index < -0.39 is 5.54 Å². The molecule has 1 atom stereocenters. The van der Waals surface area contributed by atoms with Crippen LogP contribution in [0, 0.1) is 0 Å². The summed E-state index contributed by atoms with van der Waals surface area (Å²) < 4.78 is 0. The highest BCUT2D eigenvalue weighted by molar-refractivity contribution is 6.42. The Morgan fingerprint density at radius 3 is 2.05 bits per heavy atom. The standard InChI is InChI=1S/C16H17Cl2N/c1-3-11-4-6-12(7-5-11)16(2,19)13-8-9-14(17)15(18)10-13/h4-10H,3,19H2,1-2H3. The largest absolute Gasteiger partial charge is 0.318 e. The zero-order valence-electron chi connectivity index (χ0n) is 11.1. The molecule has 0 amide bonds. The number of nitrogens with two attached hydrogens (primary N) is 1. The topological polar surface area (TPSA) is 26.0 Å². The summed E-state index contributed by atoms with van der Waals surface area (Å²) in [5, 5.41) is 1.07. The van der Waals surface area contributed by atoms with Gasteiger partial charge in [0.2, 0.25) is 0 Å². The molecule has 0 saturated carbocycles. The first-order valence-corrected chi connectivity index (χ1v) is 7.04. The highest BCUT2D eigenvalue weighted by Crippen LogP contribution is 2.31. The lowest BCUT2D eigenvalue weighted by molar-refractivity contribution is 0.603. The van der Waals surface area contributed by atoms with Gasteiger partial charge in [-0.25, -0.2) is 0 Å². The number of hydrogen-bond acceptors (Lipinski definition) is 1. The van der Waals surface area contributed by atoms with Crippen molar-refractivity contribution >= 4 is 23.2 Å². The second-order valence-electron chi connectivity index (χ2n) is 4.88. The molecule has 0 aliphatic rings. The lowest BCUT2D eigenvalue weighted by Crippen LogP contribution is -2.34. The van der Waals surface area contributed by atoms with Gasteiger partial charge in [-0.3, -0.25) is 0 Å². The minimum Gasteiger partial charge on any atom is -0.318 e. The zero-order chi connectivity index (χ0) is 14.0. The van der Waals surface area contributed by atoms with Gasteiger partial charge in [0.15, 0.2) is 0 Å². The third-order valence-corrected chi connectivity index (χ3v) is 4.22. The minimum absolute atomic E-state index is 0.529. The van der Waals surface area contributed by atoms with Crippen LogP contribution in [0.1, 0.15) is 30.5 Å². The molecule has 2 aromatic rings. The van der Waals surface area contributed by atoms with Gasteiger partial charge in [0.1, 0.15) is 0 Å². The third-order valence-electron chi connectivity index (χ3n) is 3.48. The van der Waals surface area contributed by atoms with Crippen molar-refractivity contribution in [2.24, 2.45) is 5.73 Å².